The van der Waals surface area contributed by atoms with Crippen molar-refractivity contribution < 1.29 is 19.0 Å². The Morgan fingerprint density at radius 1 is 1.08 bits per heavy atom. The number of anilines is 1. The van der Waals surface area contributed by atoms with Gasteiger partial charge in [-0.05, 0) is 117 Å². The van der Waals surface area contributed by atoms with Crippen LogP contribution >= 0.6 is 23.5 Å². The van der Waals surface area contributed by atoms with Crippen molar-refractivity contribution in [3.8, 4) is 5.75 Å². The Labute approximate surface area is 315 Å². The van der Waals surface area contributed by atoms with Crippen molar-refractivity contribution in [2.75, 3.05) is 85.2 Å². The summed E-state index contributed by atoms with van der Waals surface area (Å²) in [6.45, 7) is 13.4. The first kappa shape index (κ1) is 38.5. The van der Waals surface area contributed by atoms with Gasteiger partial charge in [0.1, 0.15) is 5.75 Å². The van der Waals surface area contributed by atoms with Gasteiger partial charge >= 0.3 is 0 Å². The first-order chi connectivity index (χ1) is 24.7. The molecule has 2 aliphatic carbocycles. The van der Waals surface area contributed by atoms with Crippen LogP contribution in [0.25, 0.3) is 0 Å². The second kappa shape index (κ2) is 17.7. The monoisotopic (exact) mass is 738 g/mol. The number of halogens is 1. The number of hydrogen-bond acceptors (Lipinski definition) is 8. The number of benzene rings is 2. The number of rotatable bonds is 4. The van der Waals surface area contributed by atoms with Gasteiger partial charge in [-0.25, -0.2) is 0 Å². The summed E-state index contributed by atoms with van der Waals surface area (Å²) in [5, 5.41) is 0.807. The van der Waals surface area contributed by atoms with Gasteiger partial charge in [0.2, 0.25) is 5.91 Å². The average molecular weight is 739 g/mol. The van der Waals surface area contributed by atoms with Crippen molar-refractivity contribution in [1.82, 2.24) is 14.5 Å². The van der Waals surface area contributed by atoms with E-state index in [0.29, 0.717) is 18.4 Å². The van der Waals surface area contributed by atoms with Gasteiger partial charge < -0.3 is 24.0 Å². The molecular weight excluding hydrogens is 680 g/mol. The molecule has 5 aliphatic rings. The molecule has 2 aromatic carbocycles. The normalized spacial score (nSPS) is 30.7. The lowest BCUT2D eigenvalue weighted by atomic mass is 9.68. The maximum Gasteiger partial charge on any atom is 0.233 e. The topological polar surface area (TPSA) is 66.5 Å². The van der Waals surface area contributed by atoms with E-state index in [1.807, 2.05) is 20.1 Å². The molecule has 2 aromatic rings. The van der Waals surface area contributed by atoms with Gasteiger partial charge in [0.25, 0.3) is 0 Å². The minimum Gasteiger partial charge on any atom is -0.490 e. The molecule has 5 unspecified atom stereocenters. The fraction of sp³-hybridized carbons (Fsp3) is 0.634. The van der Waals surface area contributed by atoms with Crippen molar-refractivity contribution >= 4 is 35.1 Å². The molecule has 8 nitrogen and oxygen atoms in total. The lowest BCUT2D eigenvalue weighted by molar-refractivity contribution is -0.123. The van der Waals surface area contributed by atoms with Crippen LogP contribution < -0.4 is 14.4 Å². The second-order valence-corrected chi connectivity index (χ2v) is 16.9. The van der Waals surface area contributed by atoms with Gasteiger partial charge in [-0.15, -0.1) is 0 Å². The third-order valence-corrected chi connectivity index (χ3v) is 13.2. The van der Waals surface area contributed by atoms with Crippen LogP contribution in [0.5, 0.6) is 5.75 Å². The molecule has 2 bridgehead atoms. The van der Waals surface area contributed by atoms with Crippen molar-refractivity contribution in [3.63, 3.8) is 0 Å². The summed E-state index contributed by atoms with van der Waals surface area (Å²) < 4.78 is 20.8. The number of allylic oxidation sites excluding steroid dienone is 1. The summed E-state index contributed by atoms with van der Waals surface area (Å²) in [6, 6.07) is 12.8. The number of aryl methyl sites for hydroxylation is 1. The summed E-state index contributed by atoms with van der Waals surface area (Å²) in [5.41, 5.74) is 3.78. The van der Waals surface area contributed by atoms with Crippen LogP contribution in [0.1, 0.15) is 57.1 Å². The number of hydrogen-bond donors (Lipinski definition) is 1. The zero-order chi connectivity index (χ0) is 36.0. The SMILES string of the molecule is COC1/C=C/CC(C)C(C)C(=O)NSc2ccc3c(c2)N(CC2CCC21)C[C@@]1(CCCc2cc(Cl)ccc21)CO3.COCCN1CCN(C)CC1. The molecule has 1 amide bonds. The van der Waals surface area contributed by atoms with Gasteiger partial charge in [0.15, 0.2) is 0 Å². The van der Waals surface area contributed by atoms with Gasteiger partial charge in [-0.1, -0.05) is 43.7 Å². The Kier molecular flexibility index (Phi) is 13.3. The number of carbonyl (C=O) groups excluding carboxylic acids is 1. The van der Waals surface area contributed by atoms with Crippen molar-refractivity contribution in [1.29, 1.82) is 0 Å². The number of ether oxygens (including phenoxy) is 3. The molecule has 7 rings (SSSR count). The number of methoxy groups -OCH3 is 2. The van der Waals surface area contributed by atoms with Gasteiger partial charge in [-0.2, -0.15) is 0 Å². The predicted molar refractivity (Wildman–Crippen MR) is 209 cm³/mol. The number of carbonyl (C=O) groups is 1. The fourth-order valence-electron chi connectivity index (χ4n) is 8.47. The van der Waals surface area contributed by atoms with Crippen LogP contribution in [-0.4, -0.2) is 102 Å². The quantitative estimate of drug-likeness (QED) is 0.264. The minimum atomic E-state index is -0.0923. The molecule has 0 aromatic heterocycles. The van der Waals surface area contributed by atoms with E-state index in [4.69, 9.17) is 25.8 Å². The van der Waals surface area contributed by atoms with E-state index in [2.05, 4.69) is 75.9 Å². The molecule has 0 radical (unpaired) electrons. The standard InChI is InChI=1S/C33H41ClN2O3S.C8H18N2O/c1-21-6-4-8-30(38-3)27-12-9-24(27)18-36-19-33(15-5-7-23-16-25(34)10-13-28(23)33)20-39-31-14-11-26(17-29(31)36)40-35-32(37)22(21)2;1-9-3-5-10(6-4-9)7-8-11-2/h4,8,10-11,13-14,16-17,21-22,24,27,30H,5-7,9,12,15,18-20H2,1-3H3,(H,35,37);3-8H2,1-2H3/b8-4+;/t21?,22?,24?,27?,30?,33-;/m0./s1. The van der Waals surface area contributed by atoms with Gasteiger partial charge in [0.05, 0.1) is 25.0 Å². The molecule has 2 fully saturated rings. The molecule has 1 N–H and O–H groups in total. The maximum absolute atomic E-state index is 13.0. The number of nitrogens with zero attached hydrogens (tertiary/aromatic N) is 3. The Balaban J connectivity index is 0.000000349. The number of piperazine rings is 1. The molecule has 3 heterocycles. The first-order valence-electron chi connectivity index (χ1n) is 19.1. The van der Waals surface area contributed by atoms with E-state index in [-0.39, 0.29) is 29.3 Å². The Morgan fingerprint density at radius 3 is 2.65 bits per heavy atom. The Morgan fingerprint density at radius 2 is 1.90 bits per heavy atom. The van der Waals surface area contributed by atoms with Gasteiger partial charge in [-0.3, -0.25) is 14.4 Å². The summed E-state index contributed by atoms with van der Waals surface area (Å²) in [7, 11) is 5.77. The Hall–Kier alpha value is -2.27. The maximum atomic E-state index is 13.0. The van der Waals surface area contributed by atoms with E-state index in [0.717, 1.165) is 73.3 Å². The fourth-order valence-corrected chi connectivity index (χ4v) is 9.38. The number of likely N-dealkylation sites (N-methyl/N-ethyl adjacent to an activating group) is 1. The van der Waals surface area contributed by atoms with Crippen molar-refractivity contribution in [2.24, 2.45) is 23.7 Å². The molecule has 6 atom stereocenters. The van der Waals surface area contributed by atoms with E-state index in [1.54, 1.807) is 7.11 Å². The van der Waals surface area contributed by atoms with Crippen LogP contribution in [0.15, 0.2) is 53.4 Å². The third kappa shape index (κ3) is 9.28. The molecule has 280 valence electrons. The van der Waals surface area contributed by atoms with Crippen molar-refractivity contribution in [2.45, 2.75) is 68.8 Å². The predicted octanol–water partition coefficient (Wildman–Crippen LogP) is 7.09. The van der Waals surface area contributed by atoms with E-state index in [1.165, 1.54) is 62.1 Å². The molecule has 1 saturated heterocycles. The molecular formula is C41H59ClN4O4S. The highest BCUT2D eigenvalue weighted by atomic mass is 35.5. The zero-order valence-corrected chi connectivity index (χ0v) is 32.9. The van der Waals surface area contributed by atoms with Crippen molar-refractivity contribution in [3.05, 3.63) is 64.7 Å². The summed E-state index contributed by atoms with van der Waals surface area (Å²) in [6.07, 6.45) is 11.1. The first-order valence-corrected chi connectivity index (χ1v) is 20.3. The zero-order valence-electron chi connectivity index (χ0n) is 31.4. The lowest BCUT2D eigenvalue weighted by Crippen LogP contribution is -2.49. The molecule has 1 saturated carbocycles. The van der Waals surface area contributed by atoms with Crippen LogP contribution in [0.2, 0.25) is 5.02 Å². The smallest absolute Gasteiger partial charge is 0.233 e. The minimum absolute atomic E-state index is 0.0693. The molecule has 10 heteroatoms. The molecule has 1 spiro atoms. The van der Waals surface area contributed by atoms with Crippen LogP contribution in [0, 0.1) is 23.7 Å². The highest BCUT2D eigenvalue weighted by Crippen LogP contribution is 2.47. The number of fused-ring (bicyclic) bond motifs is 4. The highest BCUT2D eigenvalue weighted by Gasteiger charge is 2.44. The van der Waals surface area contributed by atoms with Crippen LogP contribution in [-0.2, 0) is 26.1 Å². The van der Waals surface area contributed by atoms with Crippen LogP contribution in [0.3, 0.4) is 0 Å². The molecule has 51 heavy (non-hydrogen) atoms. The number of amides is 1. The number of nitrogens with one attached hydrogen (secondary N) is 1. The second-order valence-electron chi connectivity index (χ2n) is 15.6. The Bertz CT molecular complexity index is 1500. The van der Waals surface area contributed by atoms with E-state index in [9.17, 15) is 4.79 Å². The van der Waals surface area contributed by atoms with E-state index >= 15 is 0 Å². The summed E-state index contributed by atoms with van der Waals surface area (Å²) in [4.78, 5) is 21.4. The van der Waals surface area contributed by atoms with E-state index < -0.39 is 0 Å². The average Bonchev–Trinajstić information content (AvgIpc) is 3.27. The summed E-state index contributed by atoms with van der Waals surface area (Å²) >= 11 is 7.84. The molecule has 3 aliphatic heterocycles. The van der Waals surface area contributed by atoms with Gasteiger partial charge in [0, 0.05) is 81.3 Å². The highest BCUT2D eigenvalue weighted by molar-refractivity contribution is 7.98. The third-order valence-electron chi connectivity index (χ3n) is 12.2. The largest absolute Gasteiger partial charge is 0.490 e. The summed E-state index contributed by atoms with van der Waals surface area (Å²) in [5.74, 6) is 2.20. The lowest BCUT2D eigenvalue weighted by Gasteiger charge is -2.46. The van der Waals surface area contributed by atoms with Crippen LogP contribution in [0.4, 0.5) is 5.69 Å².